The molecule has 3 aromatic carbocycles. The lowest BCUT2D eigenvalue weighted by molar-refractivity contribution is -0.278. The summed E-state index contributed by atoms with van der Waals surface area (Å²) >= 11 is 0. The molecule has 0 unspecified atom stereocenters. The summed E-state index contributed by atoms with van der Waals surface area (Å²) in [7, 11) is 2.64. The number of hydrogen-bond donors (Lipinski definition) is 13. The van der Waals surface area contributed by atoms with Gasteiger partial charge in [0.1, 0.15) is 108 Å². The van der Waals surface area contributed by atoms with E-state index in [2.05, 4.69) is 0 Å². The highest BCUT2D eigenvalue weighted by molar-refractivity contribution is 5.89. The van der Waals surface area contributed by atoms with E-state index in [1.165, 1.54) is 56.7 Å². The van der Waals surface area contributed by atoms with Crippen LogP contribution in [0.25, 0.3) is 28.4 Å². The fourth-order valence-electron chi connectivity index (χ4n) is 7.56. The van der Waals surface area contributed by atoms with E-state index in [9.17, 15) is 76.0 Å². The second-order valence-electron chi connectivity index (χ2n) is 15.9. The number of benzene rings is 3. The van der Waals surface area contributed by atoms with E-state index < -0.39 is 152 Å². The third kappa shape index (κ3) is 10.5. The van der Waals surface area contributed by atoms with Gasteiger partial charge in [-0.25, -0.2) is 4.79 Å². The van der Waals surface area contributed by atoms with Gasteiger partial charge in [0, 0.05) is 23.8 Å². The molecule has 3 saturated heterocycles. The zero-order valence-corrected chi connectivity index (χ0v) is 36.3. The second-order valence-corrected chi connectivity index (χ2v) is 15.9. The molecule has 0 aliphatic carbocycles. The zero-order chi connectivity index (χ0) is 50.0. The van der Waals surface area contributed by atoms with E-state index in [-0.39, 0.29) is 34.3 Å². The van der Waals surface area contributed by atoms with E-state index >= 15 is 0 Å². The topological polar surface area (TPSA) is 393 Å². The summed E-state index contributed by atoms with van der Waals surface area (Å²) in [5, 5.41) is 135. The molecule has 3 aliphatic heterocycles. The van der Waals surface area contributed by atoms with Crippen LogP contribution in [0, 0.1) is 0 Å². The third-order valence-electron chi connectivity index (χ3n) is 11.4. The number of rotatable bonds is 15. The fourth-order valence-corrected chi connectivity index (χ4v) is 7.56. The van der Waals surface area contributed by atoms with Crippen molar-refractivity contribution in [2.45, 2.75) is 92.1 Å². The van der Waals surface area contributed by atoms with Crippen molar-refractivity contribution in [3.8, 4) is 51.6 Å². The van der Waals surface area contributed by atoms with Crippen LogP contribution in [-0.2, 0) is 23.7 Å². The van der Waals surface area contributed by atoms with Crippen molar-refractivity contribution >= 4 is 23.0 Å². The van der Waals surface area contributed by atoms with Gasteiger partial charge in [0.05, 0.1) is 27.4 Å². The van der Waals surface area contributed by atoms with Crippen molar-refractivity contribution in [2.24, 2.45) is 0 Å². The molecule has 0 saturated carbocycles. The lowest BCUT2D eigenvalue weighted by Crippen LogP contribution is -2.60. The number of phenols is 2. The number of hydrogen-bond acceptors (Lipinski definition) is 25. The first-order chi connectivity index (χ1) is 32.9. The van der Waals surface area contributed by atoms with E-state index in [0.29, 0.717) is 5.56 Å². The highest BCUT2D eigenvalue weighted by Crippen LogP contribution is 2.40. The van der Waals surface area contributed by atoms with Gasteiger partial charge in [-0.1, -0.05) is 0 Å². The van der Waals surface area contributed by atoms with Crippen LogP contribution in [0.1, 0.15) is 5.56 Å². The first-order valence-electron chi connectivity index (χ1n) is 20.9. The molecule has 376 valence electrons. The Morgan fingerprint density at radius 2 is 1.12 bits per heavy atom. The minimum atomic E-state index is -2.01. The van der Waals surface area contributed by atoms with E-state index in [1.54, 1.807) is 0 Å². The van der Waals surface area contributed by atoms with Gasteiger partial charge in [0.15, 0.2) is 17.3 Å². The van der Waals surface area contributed by atoms with Gasteiger partial charge in [0.2, 0.25) is 35.8 Å². The molecule has 0 bridgehead atoms. The third-order valence-corrected chi connectivity index (χ3v) is 11.4. The van der Waals surface area contributed by atoms with Crippen LogP contribution in [-0.4, -0.2) is 199 Å². The first kappa shape index (κ1) is 51.0. The highest BCUT2D eigenvalue weighted by Gasteiger charge is 2.48. The predicted molar refractivity (Wildman–Crippen MR) is 227 cm³/mol. The monoisotopic (exact) mass is 978 g/mol. The second kappa shape index (κ2) is 21.4. The number of aliphatic hydroxyl groups is 11. The maximum atomic E-state index is 14.2. The summed E-state index contributed by atoms with van der Waals surface area (Å²) in [5.74, 6) is -3.37. The average molecular weight is 979 g/mol. The van der Waals surface area contributed by atoms with Gasteiger partial charge in [-0.05, 0) is 48.0 Å². The number of carbonyl (C=O) groups is 1. The number of fused-ring (bicyclic) bond motifs is 1. The van der Waals surface area contributed by atoms with Crippen molar-refractivity contribution in [3.05, 3.63) is 70.4 Å². The van der Waals surface area contributed by atoms with Crippen molar-refractivity contribution < 1.29 is 118 Å². The van der Waals surface area contributed by atoms with Crippen molar-refractivity contribution in [1.82, 2.24) is 0 Å². The smallest absolute Gasteiger partial charge is 0.330 e. The Morgan fingerprint density at radius 3 is 1.64 bits per heavy atom. The maximum absolute atomic E-state index is 14.2. The molecular formula is C44H50O25. The number of carbonyl (C=O) groups excluding carboxylic acids is 1. The van der Waals surface area contributed by atoms with Crippen molar-refractivity contribution in [1.29, 1.82) is 0 Å². The molecule has 13 N–H and O–H groups in total. The normalized spacial score (nSPS) is 31.6. The van der Waals surface area contributed by atoms with Crippen LogP contribution >= 0.6 is 0 Å². The van der Waals surface area contributed by atoms with Crippen LogP contribution in [0.5, 0.6) is 40.2 Å². The maximum Gasteiger partial charge on any atom is 0.330 e. The minimum Gasteiger partial charge on any atom is -0.507 e. The number of aliphatic hydroxyl groups excluding tert-OH is 11. The van der Waals surface area contributed by atoms with Crippen molar-refractivity contribution in [2.75, 3.05) is 34.0 Å². The Kier molecular flexibility index (Phi) is 15.8. The zero-order valence-electron chi connectivity index (χ0n) is 36.3. The van der Waals surface area contributed by atoms with Gasteiger partial charge in [-0.15, -0.1) is 0 Å². The molecule has 3 aliphatic rings. The summed E-state index contributed by atoms with van der Waals surface area (Å²) in [6.07, 6.45) is -23.9. The molecule has 25 nitrogen and oxygen atoms in total. The van der Waals surface area contributed by atoms with E-state index in [0.717, 1.165) is 18.2 Å². The lowest BCUT2D eigenvalue weighted by Gasteiger charge is -2.39. The molecule has 4 aromatic rings. The minimum absolute atomic E-state index is 0.00305. The molecule has 1 aromatic heterocycles. The Hall–Kier alpha value is -5.88. The van der Waals surface area contributed by atoms with E-state index in [1.807, 2.05) is 0 Å². The molecule has 0 spiro atoms. The van der Waals surface area contributed by atoms with Gasteiger partial charge in [-0.3, -0.25) is 4.79 Å². The largest absolute Gasteiger partial charge is 0.507 e. The predicted octanol–water partition coefficient (Wildman–Crippen LogP) is -3.31. The van der Waals surface area contributed by atoms with Crippen LogP contribution in [0.4, 0.5) is 0 Å². The molecule has 0 amide bonds. The number of phenolic OH excluding ortho intramolecular Hbond substituents is 2. The number of aromatic hydroxyl groups is 2. The Morgan fingerprint density at radius 1 is 0.623 bits per heavy atom. The number of ether oxygens (including phenoxy) is 9. The summed E-state index contributed by atoms with van der Waals surface area (Å²) < 4.78 is 55.3. The van der Waals surface area contributed by atoms with Gasteiger partial charge >= 0.3 is 5.97 Å². The summed E-state index contributed by atoms with van der Waals surface area (Å²) in [6, 6.07) is 9.95. The summed E-state index contributed by atoms with van der Waals surface area (Å²) in [4.78, 5) is 26.9. The van der Waals surface area contributed by atoms with Gasteiger partial charge < -0.3 is 113 Å². The molecule has 69 heavy (non-hydrogen) atoms. The fraction of sp³-hybridized carbons (Fsp3) is 0.455. The average Bonchev–Trinajstić information content (AvgIpc) is 3.34. The van der Waals surface area contributed by atoms with Crippen LogP contribution in [0.3, 0.4) is 0 Å². The Bertz CT molecular complexity index is 2480. The van der Waals surface area contributed by atoms with Gasteiger partial charge in [0.25, 0.3) is 0 Å². The Labute approximate surface area is 388 Å². The van der Waals surface area contributed by atoms with Crippen molar-refractivity contribution in [3.63, 3.8) is 0 Å². The molecule has 25 heteroatoms. The van der Waals surface area contributed by atoms with Crippen LogP contribution in [0.2, 0.25) is 0 Å². The molecule has 15 atom stereocenters. The number of esters is 1. The molecule has 0 radical (unpaired) electrons. The molecular weight excluding hydrogens is 928 g/mol. The summed E-state index contributed by atoms with van der Waals surface area (Å²) in [5.41, 5.74) is -1.11. The SMILES string of the molecule is COc1cc(/C=C/C(=O)OC[C@H]2O[C@@H](Oc3ccc(-c4oc5cc(O[C@@H]6O[C@H](CO)[C@@H](O)[C@H](O)[C@H]6O)cc(O)c5c(=O)c4O[C@@H]4O[C@H](CO)[C@@H](O)[C@H](O)[C@H]4O)cc3)[C@H](O)[C@@H](O)[C@@H]2O)cc(OC)c1O. The molecule has 7 rings (SSSR count). The Balaban J connectivity index is 1.14. The summed E-state index contributed by atoms with van der Waals surface area (Å²) in [6.45, 7) is -2.25. The van der Waals surface area contributed by atoms with E-state index in [4.69, 9.17) is 47.0 Å². The highest BCUT2D eigenvalue weighted by atomic mass is 16.7. The van der Waals surface area contributed by atoms with Crippen LogP contribution in [0.15, 0.2) is 63.8 Å². The molecule has 3 fully saturated rings. The molecule has 4 heterocycles. The van der Waals surface area contributed by atoms with Crippen LogP contribution < -0.4 is 29.1 Å². The standard InChI is InChI=1S/C44H50O25/c1-60-22-9-16(10-23(61-2)29(22)49)3-8-27(48)62-15-26-32(52)36(56)38(58)42(68-26)63-18-6-4-17(5-7-18)40-41(69-44-39(59)35(55)31(51)25(14-46)67-44)33(53)28-20(47)11-19(12-21(28)65-40)64-43-37(57)34(54)30(50)24(13-45)66-43/h3-12,24-26,30-32,34-39,42-47,49-52,54-59H,13-15H2,1-2H3/b8-3+/t24-,25-,26-,30-,31-,32-,34+,35+,36+,37-,38-,39-,42-,43-,44+/m1/s1. The quantitative estimate of drug-likeness (QED) is 0.0410. The number of methoxy groups -OCH3 is 2. The first-order valence-corrected chi connectivity index (χ1v) is 20.9. The lowest BCUT2D eigenvalue weighted by atomic mass is 9.99. The van der Waals surface area contributed by atoms with Gasteiger partial charge in [-0.2, -0.15) is 0 Å².